The Kier molecular flexibility index (Phi) is 3.48. The Morgan fingerprint density at radius 1 is 1.29 bits per heavy atom. The number of phenolic OH excluding ortho intramolecular Hbond substituents is 1. The van der Waals surface area contributed by atoms with Gasteiger partial charge in [-0.15, -0.1) is 0 Å². The van der Waals surface area contributed by atoms with Crippen LogP contribution in [-0.2, 0) is 5.41 Å². The van der Waals surface area contributed by atoms with Gasteiger partial charge in [0.1, 0.15) is 5.75 Å². The summed E-state index contributed by atoms with van der Waals surface area (Å²) in [6.07, 6.45) is 0. The molecule has 1 aromatic rings. The molecule has 0 spiro atoms. The lowest BCUT2D eigenvalue weighted by atomic mass is 9.83. The average molecular weight is 303 g/mol. The number of phenols is 1. The molecular weight excluding hydrogens is 282 g/mol. The molecular formula is C16H21N3OS. The number of aliphatic imine (C=N–C) groups is 1. The van der Waals surface area contributed by atoms with Gasteiger partial charge in [0.15, 0.2) is 5.17 Å². The van der Waals surface area contributed by atoms with Crippen LogP contribution in [0.15, 0.2) is 22.2 Å². The summed E-state index contributed by atoms with van der Waals surface area (Å²) in [7, 11) is 0. The van der Waals surface area contributed by atoms with Gasteiger partial charge in [0.25, 0.3) is 0 Å². The summed E-state index contributed by atoms with van der Waals surface area (Å²) in [6.45, 7) is 10.0. The predicted molar refractivity (Wildman–Crippen MR) is 89.5 cm³/mol. The second-order valence-electron chi connectivity index (χ2n) is 6.56. The van der Waals surface area contributed by atoms with Gasteiger partial charge in [-0.1, -0.05) is 32.5 Å². The van der Waals surface area contributed by atoms with Crippen molar-refractivity contribution in [3.63, 3.8) is 0 Å². The standard InChI is InChI=1S/C16H21N3OS/c1-10-7-11(8-12(14(10)20)16(2,3)4)13-9-21-15-17-5-6-19(15)18-13/h7-8,20H,5-6,9H2,1-4H3. The average Bonchev–Trinajstić information content (AvgIpc) is 2.87. The number of thioether (sulfide) groups is 1. The van der Waals surface area contributed by atoms with E-state index >= 15 is 0 Å². The van der Waals surface area contributed by atoms with Gasteiger partial charge in [-0.3, -0.25) is 4.99 Å². The van der Waals surface area contributed by atoms with Gasteiger partial charge in [-0.25, -0.2) is 5.01 Å². The van der Waals surface area contributed by atoms with E-state index in [0.29, 0.717) is 5.75 Å². The van der Waals surface area contributed by atoms with Crippen LogP contribution in [0, 0.1) is 6.92 Å². The van der Waals surface area contributed by atoms with E-state index in [-0.39, 0.29) is 5.41 Å². The third-order valence-corrected chi connectivity index (χ3v) is 4.82. The maximum Gasteiger partial charge on any atom is 0.180 e. The molecule has 0 fully saturated rings. The first-order chi connectivity index (χ1) is 9.86. The lowest BCUT2D eigenvalue weighted by Gasteiger charge is -2.25. The minimum atomic E-state index is -0.0898. The Bertz CT molecular complexity index is 644. The molecule has 0 aromatic heterocycles. The van der Waals surface area contributed by atoms with Gasteiger partial charge in [0.2, 0.25) is 0 Å². The number of rotatable bonds is 1. The van der Waals surface area contributed by atoms with Gasteiger partial charge in [-0.2, -0.15) is 5.10 Å². The quantitative estimate of drug-likeness (QED) is 0.867. The fourth-order valence-corrected chi connectivity index (χ4v) is 3.55. The number of aromatic hydroxyl groups is 1. The molecule has 5 heteroatoms. The van der Waals surface area contributed by atoms with Crippen LogP contribution in [0.25, 0.3) is 0 Å². The monoisotopic (exact) mass is 303 g/mol. The molecule has 4 nitrogen and oxygen atoms in total. The predicted octanol–water partition coefficient (Wildman–Crippen LogP) is 3.12. The van der Waals surface area contributed by atoms with Crippen molar-refractivity contribution in [2.24, 2.45) is 10.1 Å². The van der Waals surface area contributed by atoms with Gasteiger partial charge >= 0.3 is 0 Å². The van der Waals surface area contributed by atoms with Gasteiger partial charge < -0.3 is 5.11 Å². The minimum absolute atomic E-state index is 0.0898. The van der Waals surface area contributed by atoms with E-state index in [1.807, 2.05) is 18.0 Å². The summed E-state index contributed by atoms with van der Waals surface area (Å²) in [5.41, 5.74) is 3.97. The smallest absolute Gasteiger partial charge is 0.180 e. The van der Waals surface area contributed by atoms with Crippen LogP contribution < -0.4 is 0 Å². The van der Waals surface area contributed by atoms with E-state index in [0.717, 1.165) is 46.4 Å². The van der Waals surface area contributed by atoms with Crippen molar-refractivity contribution in [3.05, 3.63) is 28.8 Å². The molecule has 0 unspecified atom stereocenters. The van der Waals surface area contributed by atoms with Crippen LogP contribution in [0.3, 0.4) is 0 Å². The first-order valence-electron chi connectivity index (χ1n) is 7.23. The Labute approximate surface area is 130 Å². The summed E-state index contributed by atoms with van der Waals surface area (Å²) in [5, 5.41) is 18.1. The minimum Gasteiger partial charge on any atom is -0.507 e. The number of amidine groups is 1. The SMILES string of the molecule is Cc1cc(C2=NN3CCN=C3SC2)cc(C(C)(C)C)c1O. The zero-order valence-electron chi connectivity index (χ0n) is 13.0. The van der Waals surface area contributed by atoms with Crippen molar-refractivity contribution < 1.29 is 5.11 Å². The molecule has 2 aliphatic rings. The Hall–Kier alpha value is -1.49. The van der Waals surface area contributed by atoms with E-state index in [4.69, 9.17) is 5.10 Å². The van der Waals surface area contributed by atoms with Gasteiger partial charge in [0.05, 0.1) is 18.8 Å². The van der Waals surface area contributed by atoms with E-state index in [2.05, 4.69) is 31.8 Å². The van der Waals surface area contributed by atoms with Crippen LogP contribution in [0.5, 0.6) is 5.75 Å². The highest BCUT2D eigenvalue weighted by Crippen LogP contribution is 2.35. The number of hydrazone groups is 1. The maximum absolute atomic E-state index is 10.3. The lowest BCUT2D eigenvalue weighted by Crippen LogP contribution is -2.28. The van der Waals surface area contributed by atoms with Gasteiger partial charge in [0, 0.05) is 11.3 Å². The summed E-state index contributed by atoms with van der Waals surface area (Å²) in [6, 6.07) is 4.11. The van der Waals surface area contributed by atoms with Crippen molar-refractivity contribution >= 4 is 22.6 Å². The highest BCUT2D eigenvalue weighted by atomic mass is 32.2. The van der Waals surface area contributed by atoms with Crippen molar-refractivity contribution in [1.82, 2.24) is 5.01 Å². The van der Waals surface area contributed by atoms with E-state index in [1.54, 1.807) is 11.8 Å². The molecule has 1 N–H and O–H groups in total. The summed E-state index contributed by atoms with van der Waals surface area (Å²) < 4.78 is 0. The normalized spacial score (nSPS) is 18.4. The molecule has 21 heavy (non-hydrogen) atoms. The number of aryl methyl sites for hydroxylation is 1. The zero-order chi connectivity index (χ0) is 15.2. The molecule has 1 aromatic carbocycles. The van der Waals surface area contributed by atoms with E-state index < -0.39 is 0 Å². The third-order valence-electron chi connectivity index (χ3n) is 3.80. The maximum atomic E-state index is 10.3. The third kappa shape index (κ3) is 2.67. The van der Waals surface area contributed by atoms with Crippen molar-refractivity contribution in [1.29, 1.82) is 0 Å². The summed E-state index contributed by atoms with van der Waals surface area (Å²) in [5.74, 6) is 1.24. The molecule has 2 aliphatic heterocycles. The van der Waals surface area contributed by atoms with Crippen molar-refractivity contribution in [3.8, 4) is 5.75 Å². The second kappa shape index (κ2) is 5.05. The molecule has 0 amide bonds. The molecule has 0 saturated carbocycles. The highest BCUT2D eigenvalue weighted by molar-refractivity contribution is 8.14. The molecule has 0 atom stereocenters. The fourth-order valence-electron chi connectivity index (χ4n) is 2.60. The Morgan fingerprint density at radius 3 is 2.76 bits per heavy atom. The molecule has 0 radical (unpaired) electrons. The number of nitrogens with zero attached hydrogens (tertiary/aromatic N) is 3. The van der Waals surface area contributed by atoms with Crippen LogP contribution in [-0.4, -0.2) is 39.8 Å². The summed E-state index contributed by atoms with van der Waals surface area (Å²) >= 11 is 1.74. The number of benzene rings is 1. The Balaban J connectivity index is 2.04. The van der Waals surface area contributed by atoms with E-state index in [9.17, 15) is 5.11 Å². The molecule has 0 aliphatic carbocycles. The van der Waals surface area contributed by atoms with Crippen LogP contribution in [0.4, 0.5) is 0 Å². The molecule has 0 bridgehead atoms. The topological polar surface area (TPSA) is 48.2 Å². The van der Waals surface area contributed by atoms with Gasteiger partial charge in [-0.05, 0) is 35.6 Å². The first kappa shape index (κ1) is 14.4. The first-order valence-corrected chi connectivity index (χ1v) is 8.21. The van der Waals surface area contributed by atoms with E-state index in [1.165, 1.54) is 0 Å². The largest absolute Gasteiger partial charge is 0.507 e. The molecule has 3 rings (SSSR count). The number of fused-ring (bicyclic) bond motifs is 1. The fraction of sp³-hybridized carbons (Fsp3) is 0.500. The van der Waals surface area contributed by atoms with Crippen molar-refractivity contribution in [2.75, 3.05) is 18.8 Å². The number of hydrogen-bond acceptors (Lipinski definition) is 5. The molecule has 0 saturated heterocycles. The zero-order valence-corrected chi connectivity index (χ0v) is 13.8. The lowest BCUT2D eigenvalue weighted by molar-refractivity contribution is 0.443. The van der Waals surface area contributed by atoms with Crippen molar-refractivity contribution in [2.45, 2.75) is 33.1 Å². The number of hydrogen-bond donors (Lipinski definition) is 1. The van der Waals surface area contributed by atoms with Crippen LogP contribution in [0.2, 0.25) is 0 Å². The van der Waals surface area contributed by atoms with Crippen LogP contribution >= 0.6 is 11.8 Å². The van der Waals surface area contributed by atoms with Crippen LogP contribution in [0.1, 0.15) is 37.5 Å². The highest BCUT2D eigenvalue weighted by Gasteiger charge is 2.26. The second-order valence-corrected chi connectivity index (χ2v) is 7.50. The Morgan fingerprint density at radius 2 is 2.05 bits per heavy atom. The summed E-state index contributed by atoms with van der Waals surface area (Å²) in [4.78, 5) is 4.43. The molecule has 112 valence electrons. The molecule has 2 heterocycles.